The van der Waals surface area contributed by atoms with Gasteiger partial charge in [-0.15, -0.1) is 0 Å². The van der Waals surface area contributed by atoms with Crippen molar-refractivity contribution >= 4 is 23.3 Å². The monoisotopic (exact) mass is 488 g/mol. The van der Waals surface area contributed by atoms with Crippen molar-refractivity contribution in [2.24, 2.45) is 5.92 Å². The topological polar surface area (TPSA) is 58.6 Å². The zero-order valence-corrected chi connectivity index (χ0v) is 18.1. The van der Waals surface area contributed by atoms with E-state index in [4.69, 9.17) is 4.74 Å². The van der Waals surface area contributed by atoms with Crippen molar-refractivity contribution in [2.75, 3.05) is 29.9 Å². The van der Waals surface area contributed by atoms with Crippen LogP contribution >= 0.6 is 0 Å². The van der Waals surface area contributed by atoms with E-state index in [1.165, 1.54) is 12.1 Å². The number of nitrogens with zero attached hydrogens (tertiary/aromatic N) is 1. The molecule has 11 heteroatoms. The zero-order chi connectivity index (χ0) is 25.1. The quantitative estimate of drug-likeness (QED) is 0.430. The highest BCUT2D eigenvalue weighted by molar-refractivity contribution is 6.05. The molecule has 34 heavy (non-hydrogen) atoms. The van der Waals surface area contributed by atoms with E-state index in [1.54, 1.807) is 11.8 Å². The van der Waals surface area contributed by atoms with E-state index in [2.05, 4.69) is 5.32 Å². The first-order chi connectivity index (χ1) is 15.9. The van der Waals surface area contributed by atoms with Gasteiger partial charge >= 0.3 is 18.3 Å². The molecular formula is C23H22F6N2O3. The van der Waals surface area contributed by atoms with Crippen LogP contribution in [0, 0.1) is 5.92 Å². The Hall–Kier alpha value is -3.24. The largest absolute Gasteiger partial charge is 0.466 e. The molecule has 1 atom stereocenters. The number of rotatable bonds is 5. The fraction of sp³-hybridized carbons (Fsp3) is 0.391. The molecule has 1 N–H and O–H groups in total. The molecule has 3 rings (SSSR count). The molecule has 1 aliphatic heterocycles. The van der Waals surface area contributed by atoms with Gasteiger partial charge in [0, 0.05) is 30.0 Å². The molecule has 1 heterocycles. The van der Waals surface area contributed by atoms with Crippen LogP contribution in [-0.4, -0.2) is 31.6 Å². The van der Waals surface area contributed by atoms with Crippen LogP contribution in [0.2, 0.25) is 0 Å². The molecule has 0 saturated carbocycles. The highest BCUT2D eigenvalue weighted by Crippen LogP contribution is 2.35. The van der Waals surface area contributed by atoms with E-state index in [0.29, 0.717) is 31.5 Å². The standard InChI is InChI=1S/C23H22F6N2O3/c1-2-34-21(33)14-5-4-8-31(13-14)19-10-15(9-17(12-19)23(27,28)29)20(32)30-18-7-3-6-16(11-18)22(24,25)26/h3,6-7,9-12,14H,2,4-5,8,13H2,1H3,(H,30,32). The number of piperidine rings is 1. The summed E-state index contributed by atoms with van der Waals surface area (Å²) in [5.74, 6) is -1.96. The molecule has 1 saturated heterocycles. The van der Waals surface area contributed by atoms with Crippen LogP contribution in [0.4, 0.5) is 37.7 Å². The molecule has 1 unspecified atom stereocenters. The van der Waals surface area contributed by atoms with Gasteiger partial charge in [0.2, 0.25) is 0 Å². The van der Waals surface area contributed by atoms with E-state index in [-0.39, 0.29) is 30.1 Å². The van der Waals surface area contributed by atoms with Crippen LogP contribution in [0.5, 0.6) is 0 Å². The molecular weight excluding hydrogens is 466 g/mol. The maximum Gasteiger partial charge on any atom is 0.416 e. The van der Waals surface area contributed by atoms with Crippen molar-refractivity contribution in [1.82, 2.24) is 0 Å². The number of esters is 1. The Morgan fingerprint density at radius 2 is 1.74 bits per heavy atom. The van der Waals surface area contributed by atoms with Crippen LogP contribution in [0.3, 0.4) is 0 Å². The fourth-order valence-electron chi connectivity index (χ4n) is 3.73. The van der Waals surface area contributed by atoms with Gasteiger partial charge in [-0.1, -0.05) is 6.07 Å². The summed E-state index contributed by atoms with van der Waals surface area (Å²) < 4.78 is 84.4. The van der Waals surface area contributed by atoms with Crippen LogP contribution in [0.1, 0.15) is 41.3 Å². The van der Waals surface area contributed by atoms with Gasteiger partial charge in [0.15, 0.2) is 0 Å². The number of amides is 1. The minimum absolute atomic E-state index is 0.0815. The Kier molecular flexibility index (Phi) is 7.42. The number of carbonyl (C=O) groups is 2. The maximum absolute atomic E-state index is 13.5. The summed E-state index contributed by atoms with van der Waals surface area (Å²) in [6.45, 7) is 2.32. The fourth-order valence-corrected chi connectivity index (χ4v) is 3.73. The van der Waals surface area contributed by atoms with Gasteiger partial charge in [-0.05, 0) is 56.2 Å². The first-order valence-electron chi connectivity index (χ1n) is 10.5. The first kappa shape index (κ1) is 25.4. The van der Waals surface area contributed by atoms with Crippen molar-refractivity contribution < 1.29 is 40.7 Å². The van der Waals surface area contributed by atoms with Gasteiger partial charge in [0.25, 0.3) is 5.91 Å². The second-order valence-electron chi connectivity index (χ2n) is 7.84. The van der Waals surface area contributed by atoms with E-state index in [0.717, 1.165) is 18.2 Å². The number of hydrogen-bond acceptors (Lipinski definition) is 4. The highest BCUT2D eigenvalue weighted by Gasteiger charge is 2.34. The number of carbonyl (C=O) groups excluding carboxylic acids is 2. The number of halogens is 6. The average molecular weight is 488 g/mol. The van der Waals surface area contributed by atoms with Crippen LogP contribution in [0.15, 0.2) is 42.5 Å². The van der Waals surface area contributed by atoms with Crippen LogP contribution in [-0.2, 0) is 21.9 Å². The van der Waals surface area contributed by atoms with Gasteiger partial charge in [-0.2, -0.15) is 26.3 Å². The smallest absolute Gasteiger partial charge is 0.416 e. The number of ether oxygens (including phenoxy) is 1. The van der Waals surface area contributed by atoms with Crippen molar-refractivity contribution in [3.63, 3.8) is 0 Å². The Balaban J connectivity index is 1.90. The van der Waals surface area contributed by atoms with E-state index in [9.17, 15) is 35.9 Å². The molecule has 1 aliphatic rings. The summed E-state index contributed by atoms with van der Waals surface area (Å²) in [7, 11) is 0. The van der Waals surface area contributed by atoms with Crippen molar-refractivity contribution in [3.8, 4) is 0 Å². The second-order valence-corrected chi connectivity index (χ2v) is 7.84. The molecule has 184 valence electrons. The third-order valence-electron chi connectivity index (χ3n) is 5.36. The zero-order valence-electron chi connectivity index (χ0n) is 18.1. The SMILES string of the molecule is CCOC(=O)C1CCCN(c2cc(C(=O)Nc3cccc(C(F)(F)F)c3)cc(C(F)(F)F)c2)C1. The number of nitrogens with one attached hydrogen (secondary N) is 1. The Labute approximate surface area is 191 Å². The molecule has 0 aromatic heterocycles. The molecule has 0 aliphatic carbocycles. The molecule has 0 bridgehead atoms. The minimum Gasteiger partial charge on any atom is -0.466 e. The van der Waals surface area contributed by atoms with Gasteiger partial charge in [-0.25, -0.2) is 0 Å². The molecule has 1 amide bonds. The number of hydrogen-bond donors (Lipinski definition) is 1. The predicted octanol–water partition coefficient (Wildman–Crippen LogP) is 5.76. The lowest BCUT2D eigenvalue weighted by atomic mass is 9.97. The number of benzene rings is 2. The molecule has 1 fully saturated rings. The minimum atomic E-state index is -4.77. The van der Waals surface area contributed by atoms with E-state index < -0.39 is 41.3 Å². The maximum atomic E-state index is 13.5. The van der Waals surface area contributed by atoms with Crippen molar-refractivity contribution in [2.45, 2.75) is 32.1 Å². The second kappa shape index (κ2) is 9.94. The summed E-state index contributed by atoms with van der Waals surface area (Å²) in [6, 6.07) is 6.55. The summed E-state index contributed by atoms with van der Waals surface area (Å²) >= 11 is 0. The lowest BCUT2D eigenvalue weighted by Crippen LogP contribution is -2.39. The Morgan fingerprint density at radius 3 is 2.38 bits per heavy atom. The van der Waals surface area contributed by atoms with Gasteiger partial charge in [0.05, 0.1) is 23.7 Å². The van der Waals surface area contributed by atoms with Crippen LogP contribution in [0.25, 0.3) is 0 Å². The molecule has 2 aromatic rings. The lowest BCUT2D eigenvalue weighted by molar-refractivity contribution is -0.148. The van der Waals surface area contributed by atoms with Crippen LogP contribution < -0.4 is 10.2 Å². The average Bonchev–Trinajstić information content (AvgIpc) is 2.78. The third kappa shape index (κ3) is 6.21. The van der Waals surface area contributed by atoms with Gasteiger partial charge < -0.3 is 15.0 Å². The van der Waals surface area contributed by atoms with Gasteiger partial charge in [-0.3, -0.25) is 9.59 Å². The predicted molar refractivity (Wildman–Crippen MR) is 112 cm³/mol. The summed E-state index contributed by atoms with van der Waals surface area (Å²) in [5.41, 5.74) is -2.59. The van der Waals surface area contributed by atoms with Crippen molar-refractivity contribution in [3.05, 3.63) is 59.2 Å². The third-order valence-corrected chi connectivity index (χ3v) is 5.36. The summed E-state index contributed by atoms with van der Waals surface area (Å²) in [5, 5.41) is 2.22. The normalized spacial score (nSPS) is 16.8. The van der Waals surface area contributed by atoms with Crippen molar-refractivity contribution in [1.29, 1.82) is 0 Å². The molecule has 5 nitrogen and oxygen atoms in total. The lowest BCUT2D eigenvalue weighted by Gasteiger charge is -2.33. The number of alkyl halides is 6. The Bertz CT molecular complexity index is 1050. The molecule has 0 spiro atoms. The number of anilines is 2. The van der Waals surface area contributed by atoms with E-state index in [1.807, 2.05) is 0 Å². The highest BCUT2D eigenvalue weighted by atomic mass is 19.4. The summed E-state index contributed by atoms with van der Waals surface area (Å²) in [6.07, 6.45) is -8.35. The first-order valence-corrected chi connectivity index (χ1v) is 10.5. The molecule has 2 aromatic carbocycles. The summed E-state index contributed by atoms with van der Waals surface area (Å²) in [4.78, 5) is 26.4. The van der Waals surface area contributed by atoms with Gasteiger partial charge in [0.1, 0.15) is 0 Å². The van der Waals surface area contributed by atoms with E-state index >= 15 is 0 Å². The Morgan fingerprint density at radius 1 is 1.03 bits per heavy atom. The molecule has 0 radical (unpaired) electrons.